The molecule has 1 atom stereocenters. The molecule has 1 aliphatic rings. The molecule has 0 spiro atoms. The van der Waals surface area contributed by atoms with Crippen molar-refractivity contribution in [3.05, 3.63) is 53.6 Å². The van der Waals surface area contributed by atoms with E-state index in [0.717, 1.165) is 29.8 Å². The van der Waals surface area contributed by atoms with Crippen molar-refractivity contribution in [3.8, 4) is 0 Å². The maximum Gasteiger partial charge on any atom is 0.325 e. The maximum absolute atomic E-state index is 11.7. The van der Waals surface area contributed by atoms with Crippen LogP contribution in [0.25, 0.3) is 0 Å². The van der Waals surface area contributed by atoms with E-state index in [-0.39, 0.29) is 0 Å². The van der Waals surface area contributed by atoms with Crippen molar-refractivity contribution >= 4 is 5.97 Å². The van der Waals surface area contributed by atoms with Crippen LogP contribution in [0.15, 0.2) is 36.8 Å². The van der Waals surface area contributed by atoms with Crippen molar-refractivity contribution in [1.29, 1.82) is 0 Å². The Morgan fingerprint density at radius 2 is 2.25 bits per heavy atom. The van der Waals surface area contributed by atoms with Gasteiger partial charge < -0.3 is 9.67 Å². The number of aliphatic carboxylic acids is 1. The first-order valence-electron chi connectivity index (χ1n) is 6.66. The molecule has 5 nitrogen and oxygen atoms in total. The van der Waals surface area contributed by atoms with E-state index in [9.17, 15) is 9.90 Å². The number of benzene rings is 1. The summed E-state index contributed by atoms with van der Waals surface area (Å²) in [7, 11) is 1.93. The molecule has 0 saturated heterocycles. The minimum Gasteiger partial charge on any atom is -0.480 e. The van der Waals surface area contributed by atoms with E-state index >= 15 is 0 Å². The lowest BCUT2D eigenvalue weighted by atomic mass is 9.92. The highest BCUT2D eigenvalue weighted by Crippen LogP contribution is 2.30. The first-order valence-corrected chi connectivity index (χ1v) is 6.66. The molecule has 1 unspecified atom stereocenters. The molecule has 104 valence electrons. The van der Waals surface area contributed by atoms with Gasteiger partial charge >= 0.3 is 5.97 Å². The molecule has 1 aromatic heterocycles. The summed E-state index contributed by atoms with van der Waals surface area (Å²) in [4.78, 5) is 17.8. The van der Waals surface area contributed by atoms with Gasteiger partial charge in [-0.05, 0) is 17.5 Å². The Balaban J connectivity index is 1.92. The van der Waals surface area contributed by atoms with Crippen LogP contribution >= 0.6 is 0 Å². The lowest BCUT2D eigenvalue weighted by Gasteiger charge is -2.34. The molecule has 0 radical (unpaired) electrons. The van der Waals surface area contributed by atoms with Crippen molar-refractivity contribution in [1.82, 2.24) is 14.5 Å². The predicted molar refractivity (Wildman–Crippen MR) is 74.1 cm³/mol. The molecular weight excluding hydrogens is 254 g/mol. The number of nitrogens with zero attached hydrogens (tertiary/aromatic N) is 3. The number of carboxylic acids is 1. The summed E-state index contributed by atoms with van der Waals surface area (Å²) >= 11 is 0. The number of hydrogen-bond acceptors (Lipinski definition) is 3. The summed E-state index contributed by atoms with van der Waals surface area (Å²) in [6.07, 6.45) is 4.42. The highest BCUT2D eigenvalue weighted by Gasteiger charge is 2.32. The second-order valence-electron chi connectivity index (χ2n) is 5.16. The quantitative estimate of drug-likeness (QED) is 0.921. The fourth-order valence-electron chi connectivity index (χ4n) is 2.82. The second kappa shape index (κ2) is 5.09. The molecule has 1 aromatic carbocycles. The van der Waals surface area contributed by atoms with Gasteiger partial charge in [0.2, 0.25) is 0 Å². The SMILES string of the molecule is Cn1cncc1CN1CCc2ccccc2C1C(=O)O. The van der Waals surface area contributed by atoms with Crippen LogP contribution in [-0.4, -0.2) is 32.1 Å². The van der Waals surface area contributed by atoms with Crippen molar-refractivity contribution in [2.75, 3.05) is 6.54 Å². The van der Waals surface area contributed by atoms with Gasteiger partial charge in [0, 0.05) is 26.3 Å². The number of imidazole rings is 1. The molecule has 0 amide bonds. The van der Waals surface area contributed by atoms with E-state index in [0.29, 0.717) is 6.54 Å². The fourth-order valence-corrected chi connectivity index (χ4v) is 2.82. The molecule has 20 heavy (non-hydrogen) atoms. The molecule has 0 aliphatic carbocycles. The zero-order chi connectivity index (χ0) is 14.1. The molecule has 5 heteroatoms. The summed E-state index contributed by atoms with van der Waals surface area (Å²) in [5.74, 6) is -0.792. The minimum absolute atomic E-state index is 0.574. The van der Waals surface area contributed by atoms with Gasteiger partial charge in [0.25, 0.3) is 0 Å². The first-order chi connectivity index (χ1) is 9.66. The van der Waals surface area contributed by atoms with E-state index in [4.69, 9.17) is 0 Å². The topological polar surface area (TPSA) is 58.4 Å². The van der Waals surface area contributed by atoms with Crippen LogP contribution in [-0.2, 0) is 24.8 Å². The Labute approximate surface area is 117 Å². The summed E-state index contributed by atoms with van der Waals surface area (Å²) in [6, 6.07) is 7.24. The fraction of sp³-hybridized carbons (Fsp3) is 0.333. The Bertz CT molecular complexity index is 636. The van der Waals surface area contributed by atoms with Crippen LogP contribution in [0.5, 0.6) is 0 Å². The van der Waals surface area contributed by atoms with E-state index in [1.165, 1.54) is 0 Å². The highest BCUT2D eigenvalue weighted by atomic mass is 16.4. The number of aromatic nitrogens is 2. The van der Waals surface area contributed by atoms with E-state index in [2.05, 4.69) is 4.98 Å². The molecule has 0 saturated carbocycles. The first kappa shape index (κ1) is 12.9. The molecule has 0 fully saturated rings. The predicted octanol–water partition coefficient (Wildman–Crippen LogP) is 1.60. The number of carbonyl (C=O) groups is 1. The molecule has 2 aromatic rings. The van der Waals surface area contributed by atoms with Crippen LogP contribution in [0.4, 0.5) is 0 Å². The van der Waals surface area contributed by atoms with Crippen LogP contribution < -0.4 is 0 Å². The standard InChI is InChI=1S/C15H17N3O2/c1-17-10-16-8-12(17)9-18-7-6-11-4-2-3-5-13(11)14(18)15(19)20/h2-5,8,10,14H,6-7,9H2,1H3,(H,19,20). The van der Waals surface area contributed by atoms with Crippen LogP contribution in [0, 0.1) is 0 Å². The third-order valence-electron chi connectivity index (χ3n) is 3.90. The summed E-state index contributed by atoms with van der Waals surface area (Å²) in [5.41, 5.74) is 3.07. The lowest BCUT2D eigenvalue weighted by molar-refractivity contribution is -0.144. The van der Waals surface area contributed by atoms with Crippen molar-refractivity contribution in [2.45, 2.75) is 19.0 Å². The van der Waals surface area contributed by atoms with Gasteiger partial charge in [0.1, 0.15) is 6.04 Å². The zero-order valence-corrected chi connectivity index (χ0v) is 11.4. The third-order valence-corrected chi connectivity index (χ3v) is 3.90. The smallest absolute Gasteiger partial charge is 0.325 e. The second-order valence-corrected chi connectivity index (χ2v) is 5.16. The van der Waals surface area contributed by atoms with Crippen molar-refractivity contribution in [3.63, 3.8) is 0 Å². The lowest BCUT2D eigenvalue weighted by Crippen LogP contribution is -2.39. The number of fused-ring (bicyclic) bond motifs is 1. The normalized spacial score (nSPS) is 18.8. The van der Waals surface area contributed by atoms with Crippen LogP contribution in [0.3, 0.4) is 0 Å². The maximum atomic E-state index is 11.7. The van der Waals surface area contributed by atoms with Crippen LogP contribution in [0.1, 0.15) is 22.9 Å². The molecule has 0 bridgehead atoms. The van der Waals surface area contributed by atoms with E-state index < -0.39 is 12.0 Å². The van der Waals surface area contributed by atoms with Gasteiger partial charge in [-0.2, -0.15) is 0 Å². The molecule has 1 aliphatic heterocycles. The van der Waals surface area contributed by atoms with Gasteiger partial charge in [-0.15, -0.1) is 0 Å². The largest absolute Gasteiger partial charge is 0.480 e. The summed E-state index contributed by atoms with van der Waals surface area (Å²) in [5, 5.41) is 9.59. The molecule has 3 rings (SSSR count). The Kier molecular flexibility index (Phi) is 3.28. The average Bonchev–Trinajstić information content (AvgIpc) is 2.83. The van der Waals surface area contributed by atoms with E-state index in [1.54, 1.807) is 12.5 Å². The Morgan fingerprint density at radius 1 is 1.45 bits per heavy atom. The van der Waals surface area contributed by atoms with Crippen LogP contribution in [0.2, 0.25) is 0 Å². The average molecular weight is 271 g/mol. The summed E-state index contributed by atoms with van der Waals surface area (Å²) in [6.45, 7) is 1.35. The zero-order valence-electron chi connectivity index (χ0n) is 11.4. The number of hydrogen-bond donors (Lipinski definition) is 1. The molecule has 1 N–H and O–H groups in total. The van der Waals surface area contributed by atoms with E-state index in [1.807, 2.05) is 40.8 Å². The minimum atomic E-state index is -0.792. The van der Waals surface area contributed by atoms with Crippen molar-refractivity contribution < 1.29 is 9.90 Å². The molecular formula is C15H17N3O2. The summed E-state index contributed by atoms with van der Waals surface area (Å²) < 4.78 is 1.93. The van der Waals surface area contributed by atoms with Gasteiger partial charge in [-0.3, -0.25) is 9.69 Å². The number of aryl methyl sites for hydroxylation is 1. The Hall–Kier alpha value is -2.14. The number of rotatable bonds is 3. The highest BCUT2D eigenvalue weighted by molar-refractivity contribution is 5.76. The molecule has 2 heterocycles. The van der Waals surface area contributed by atoms with Gasteiger partial charge in [0.05, 0.1) is 12.0 Å². The monoisotopic (exact) mass is 271 g/mol. The van der Waals surface area contributed by atoms with Gasteiger partial charge in [-0.25, -0.2) is 4.98 Å². The van der Waals surface area contributed by atoms with Gasteiger partial charge in [-0.1, -0.05) is 24.3 Å². The van der Waals surface area contributed by atoms with Gasteiger partial charge in [0.15, 0.2) is 0 Å². The van der Waals surface area contributed by atoms with Crippen molar-refractivity contribution in [2.24, 2.45) is 7.05 Å². The Morgan fingerprint density at radius 3 is 2.95 bits per heavy atom. The number of carboxylic acid groups (broad SMARTS) is 1. The third kappa shape index (κ3) is 2.20.